The molecule has 0 radical (unpaired) electrons. The lowest BCUT2D eigenvalue weighted by Gasteiger charge is -2.03. The molecule has 0 fully saturated rings. The van der Waals surface area contributed by atoms with Gasteiger partial charge in [0.2, 0.25) is 0 Å². The van der Waals surface area contributed by atoms with Gasteiger partial charge >= 0.3 is 0 Å². The molecule has 0 bridgehead atoms. The van der Waals surface area contributed by atoms with Crippen LogP contribution in [-0.4, -0.2) is 10.5 Å². The molecule has 0 spiro atoms. The summed E-state index contributed by atoms with van der Waals surface area (Å²) in [6, 6.07) is 19.3. The van der Waals surface area contributed by atoms with Gasteiger partial charge in [-0.3, -0.25) is 4.79 Å². The minimum atomic E-state index is -0.225. The average molecular weight is 367 g/mol. The fraction of sp³-hybridized carbons (Fsp3) is 0.100. The van der Waals surface area contributed by atoms with Crippen molar-refractivity contribution in [2.75, 3.05) is 0 Å². The summed E-state index contributed by atoms with van der Waals surface area (Å²) >= 11 is 7.57. The van der Waals surface area contributed by atoms with E-state index in [9.17, 15) is 4.79 Å². The first kappa shape index (κ1) is 16.1. The van der Waals surface area contributed by atoms with E-state index in [1.807, 2.05) is 72.2 Å². The monoisotopic (exact) mass is 366 g/mol. The number of aryl methyl sites for hydroxylation is 1. The van der Waals surface area contributed by atoms with Gasteiger partial charge in [-0.1, -0.05) is 59.3 Å². The van der Waals surface area contributed by atoms with E-state index in [1.165, 1.54) is 11.3 Å². The summed E-state index contributed by atoms with van der Waals surface area (Å²) in [4.78, 5) is 17.9. The Morgan fingerprint density at radius 2 is 1.92 bits per heavy atom. The molecule has 0 N–H and O–H groups in total. The van der Waals surface area contributed by atoms with E-state index in [2.05, 4.69) is 4.99 Å². The topological polar surface area (TPSA) is 34.4 Å². The third-order valence-corrected chi connectivity index (χ3v) is 5.45. The number of carbonyl (C=O) groups is 1. The first-order valence-corrected chi connectivity index (χ1v) is 9.22. The van der Waals surface area contributed by atoms with Crippen LogP contribution < -0.4 is 4.80 Å². The molecule has 1 amide bonds. The number of carbonyl (C=O) groups excluding carboxylic acids is 1. The van der Waals surface area contributed by atoms with Crippen LogP contribution in [0.3, 0.4) is 0 Å². The molecule has 0 aliphatic carbocycles. The number of halogens is 1. The van der Waals surface area contributed by atoms with E-state index in [1.54, 1.807) is 0 Å². The number of amides is 1. The molecule has 4 aromatic rings. The van der Waals surface area contributed by atoms with Gasteiger partial charge in [-0.05, 0) is 42.0 Å². The highest BCUT2D eigenvalue weighted by molar-refractivity contribution is 7.16. The molecule has 1 aromatic heterocycles. The van der Waals surface area contributed by atoms with Crippen LogP contribution in [0, 0.1) is 0 Å². The SMILES string of the molecule is CCn1c(=NC(=O)c2cccc3ccccc23)sc2cc(Cl)ccc21. The molecular formula is C20H15ClN2OS. The number of hydrogen-bond acceptors (Lipinski definition) is 2. The summed E-state index contributed by atoms with van der Waals surface area (Å²) in [5.41, 5.74) is 1.66. The second kappa shape index (κ2) is 6.47. The van der Waals surface area contributed by atoms with Crippen molar-refractivity contribution in [2.24, 2.45) is 4.99 Å². The summed E-state index contributed by atoms with van der Waals surface area (Å²) in [6.07, 6.45) is 0. The van der Waals surface area contributed by atoms with E-state index < -0.39 is 0 Å². The summed E-state index contributed by atoms with van der Waals surface area (Å²) in [5.74, 6) is -0.225. The number of benzene rings is 3. The van der Waals surface area contributed by atoms with Gasteiger partial charge in [-0.15, -0.1) is 0 Å². The van der Waals surface area contributed by atoms with Gasteiger partial charge in [0.1, 0.15) is 0 Å². The Balaban J connectivity index is 1.90. The zero-order chi connectivity index (χ0) is 17.4. The molecule has 3 nitrogen and oxygen atoms in total. The Kier molecular flexibility index (Phi) is 4.15. The van der Waals surface area contributed by atoms with E-state index in [0.29, 0.717) is 15.4 Å². The van der Waals surface area contributed by atoms with Crippen LogP contribution in [0.15, 0.2) is 65.7 Å². The number of fused-ring (bicyclic) bond motifs is 2. The van der Waals surface area contributed by atoms with Crippen molar-refractivity contribution in [2.45, 2.75) is 13.5 Å². The summed E-state index contributed by atoms with van der Waals surface area (Å²) in [6.45, 7) is 2.78. The lowest BCUT2D eigenvalue weighted by molar-refractivity contribution is 0.0999. The van der Waals surface area contributed by atoms with Gasteiger partial charge < -0.3 is 4.57 Å². The molecule has 5 heteroatoms. The van der Waals surface area contributed by atoms with E-state index >= 15 is 0 Å². The van der Waals surface area contributed by atoms with Crippen molar-refractivity contribution < 1.29 is 4.79 Å². The number of thiazole rings is 1. The average Bonchev–Trinajstić information content (AvgIpc) is 2.97. The van der Waals surface area contributed by atoms with Crippen LogP contribution in [0.4, 0.5) is 0 Å². The Hall–Kier alpha value is -2.43. The molecule has 0 aliphatic rings. The van der Waals surface area contributed by atoms with Crippen molar-refractivity contribution in [3.63, 3.8) is 0 Å². The number of aromatic nitrogens is 1. The second-order valence-electron chi connectivity index (χ2n) is 5.68. The molecule has 0 saturated carbocycles. The Morgan fingerprint density at radius 3 is 2.76 bits per heavy atom. The quantitative estimate of drug-likeness (QED) is 0.475. The zero-order valence-electron chi connectivity index (χ0n) is 13.6. The third kappa shape index (κ3) is 2.88. The maximum Gasteiger partial charge on any atom is 0.280 e. The molecule has 25 heavy (non-hydrogen) atoms. The summed E-state index contributed by atoms with van der Waals surface area (Å²) in [5, 5.41) is 2.64. The highest BCUT2D eigenvalue weighted by Gasteiger charge is 2.11. The van der Waals surface area contributed by atoms with Crippen molar-refractivity contribution in [1.29, 1.82) is 0 Å². The standard InChI is InChI=1S/C20H15ClN2OS/c1-2-23-17-11-10-14(21)12-18(17)25-20(23)22-19(24)16-9-5-7-13-6-3-4-8-15(13)16/h3-12H,2H2,1H3. The van der Waals surface area contributed by atoms with Gasteiger partial charge in [0.15, 0.2) is 4.80 Å². The fourth-order valence-corrected chi connectivity index (χ4v) is 4.37. The predicted octanol–water partition coefficient (Wildman–Crippen LogP) is 5.27. The van der Waals surface area contributed by atoms with Crippen LogP contribution in [0.1, 0.15) is 17.3 Å². The van der Waals surface area contributed by atoms with Gasteiger partial charge in [-0.25, -0.2) is 0 Å². The first-order chi connectivity index (χ1) is 12.2. The normalized spacial score (nSPS) is 12.2. The molecule has 4 rings (SSSR count). The van der Waals surface area contributed by atoms with Gasteiger partial charge in [0.05, 0.1) is 10.2 Å². The zero-order valence-corrected chi connectivity index (χ0v) is 15.1. The lowest BCUT2D eigenvalue weighted by atomic mass is 10.0. The molecule has 124 valence electrons. The molecular weight excluding hydrogens is 352 g/mol. The van der Waals surface area contributed by atoms with Crippen LogP contribution in [0.2, 0.25) is 5.02 Å². The molecule has 0 atom stereocenters. The minimum Gasteiger partial charge on any atom is -0.317 e. The van der Waals surface area contributed by atoms with Crippen molar-refractivity contribution in [3.8, 4) is 0 Å². The van der Waals surface area contributed by atoms with Crippen molar-refractivity contribution in [1.82, 2.24) is 4.57 Å². The molecule has 0 saturated heterocycles. The Morgan fingerprint density at radius 1 is 1.12 bits per heavy atom. The van der Waals surface area contributed by atoms with E-state index in [0.717, 1.165) is 27.5 Å². The minimum absolute atomic E-state index is 0.225. The van der Waals surface area contributed by atoms with Crippen molar-refractivity contribution in [3.05, 3.63) is 76.1 Å². The van der Waals surface area contributed by atoms with Crippen LogP contribution >= 0.6 is 22.9 Å². The highest BCUT2D eigenvalue weighted by Crippen LogP contribution is 2.23. The van der Waals surface area contributed by atoms with Crippen LogP contribution in [0.5, 0.6) is 0 Å². The van der Waals surface area contributed by atoms with Crippen LogP contribution in [-0.2, 0) is 6.54 Å². The highest BCUT2D eigenvalue weighted by atomic mass is 35.5. The third-order valence-electron chi connectivity index (χ3n) is 4.18. The largest absolute Gasteiger partial charge is 0.317 e. The van der Waals surface area contributed by atoms with Gasteiger partial charge in [-0.2, -0.15) is 4.99 Å². The number of hydrogen-bond donors (Lipinski definition) is 0. The van der Waals surface area contributed by atoms with Gasteiger partial charge in [0.25, 0.3) is 5.91 Å². The molecule has 3 aromatic carbocycles. The molecule has 0 aliphatic heterocycles. The maximum atomic E-state index is 12.8. The molecule has 0 unspecified atom stereocenters. The van der Waals surface area contributed by atoms with E-state index in [-0.39, 0.29) is 5.91 Å². The fourth-order valence-electron chi connectivity index (χ4n) is 3.00. The first-order valence-electron chi connectivity index (χ1n) is 8.03. The predicted molar refractivity (Wildman–Crippen MR) is 104 cm³/mol. The van der Waals surface area contributed by atoms with Crippen LogP contribution in [0.25, 0.3) is 21.0 Å². The Bertz CT molecular complexity index is 1170. The van der Waals surface area contributed by atoms with Crippen molar-refractivity contribution >= 4 is 49.8 Å². The summed E-state index contributed by atoms with van der Waals surface area (Å²) < 4.78 is 3.07. The van der Waals surface area contributed by atoms with E-state index in [4.69, 9.17) is 11.6 Å². The lowest BCUT2D eigenvalue weighted by Crippen LogP contribution is -2.16. The maximum absolute atomic E-state index is 12.8. The summed E-state index contributed by atoms with van der Waals surface area (Å²) in [7, 11) is 0. The Labute approximate surface area is 153 Å². The number of nitrogens with zero attached hydrogens (tertiary/aromatic N) is 2. The van der Waals surface area contributed by atoms with Gasteiger partial charge in [0, 0.05) is 17.1 Å². The second-order valence-corrected chi connectivity index (χ2v) is 7.13. The smallest absolute Gasteiger partial charge is 0.280 e. The number of rotatable bonds is 2. The molecule has 1 heterocycles.